The van der Waals surface area contributed by atoms with Crippen LogP contribution in [0.25, 0.3) is 0 Å². The quantitative estimate of drug-likeness (QED) is 0.806. The van der Waals surface area contributed by atoms with E-state index in [9.17, 15) is 4.79 Å². The maximum Gasteiger partial charge on any atom is 0.251 e. The molecule has 0 radical (unpaired) electrons. The summed E-state index contributed by atoms with van der Waals surface area (Å²) in [7, 11) is 1.81. The first kappa shape index (κ1) is 15.8. The van der Waals surface area contributed by atoms with E-state index in [-0.39, 0.29) is 5.91 Å². The lowest BCUT2D eigenvalue weighted by atomic mass is 10.1. The van der Waals surface area contributed by atoms with Crippen molar-refractivity contribution >= 4 is 23.5 Å². The Bertz CT molecular complexity index is 401. The van der Waals surface area contributed by atoms with Crippen molar-refractivity contribution in [2.45, 2.75) is 20.3 Å². The van der Waals surface area contributed by atoms with Gasteiger partial charge in [-0.05, 0) is 36.5 Å². The van der Waals surface area contributed by atoms with Gasteiger partial charge < -0.3 is 10.6 Å². The molecule has 4 nitrogen and oxygen atoms in total. The summed E-state index contributed by atoms with van der Waals surface area (Å²) in [6, 6.07) is 3.64. The van der Waals surface area contributed by atoms with Crippen LogP contribution in [0.3, 0.4) is 0 Å². The maximum atomic E-state index is 12.1. The first-order chi connectivity index (χ1) is 9.10. The van der Waals surface area contributed by atoms with Gasteiger partial charge in [-0.3, -0.25) is 4.79 Å². The Kier molecular flexibility index (Phi) is 6.70. The number of pyridine rings is 1. The minimum absolute atomic E-state index is 0.0263. The second-order valence-corrected chi connectivity index (χ2v) is 5.52. The number of hydrogen-bond acceptors (Lipinski definition) is 4. The molecular formula is C14H23N3OS. The van der Waals surface area contributed by atoms with Gasteiger partial charge in [0.2, 0.25) is 0 Å². The summed E-state index contributed by atoms with van der Waals surface area (Å²) in [6.07, 6.45) is 2.90. The van der Waals surface area contributed by atoms with Crippen molar-refractivity contribution in [3.8, 4) is 0 Å². The van der Waals surface area contributed by atoms with Gasteiger partial charge in [0.05, 0.1) is 0 Å². The molecule has 1 heterocycles. The largest absolute Gasteiger partial charge is 0.373 e. The molecule has 1 aromatic heterocycles. The number of carbonyl (C=O) groups excluding carboxylic acids is 1. The van der Waals surface area contributed by atoms with Crippen molar-refractivity contribution < 1.29 is 4.79 Å². The summed E-state index contributed by atoms with van der Waals surface area (Å²) in [4.78, 5) is 16.5. The molecule has 0 bridgehead atoms. The van der Waals surface area contributed by atoms with E-state index < -0.39 is 0 Å². The number of nitrogens with zero attached hydrogens (tertiary/aromatic N) is 1. The molecule has 0 saturated heterocycles. The topological polar surface area (TPSA) is 54.0 Å². The van der Waals surface area contributed by atoms with Gasteiger partial charge in [0.1, 0.15) is 5.82 Å². The average molecular weight is 281 g/mol. The predicted octanol–water partition coefficient (Wildman–Crippen LogP) is 2.41. The lowest BCUT2D eigenvalue weighted by Crippen LogP contribution is -2.29. The standard InChI is InChI=1S/C14H23N3OS/c1-5-12-6-11(7-13(15-3)17-12)14(18)16-8-10(2)9-19-4/h6-7,10H,5,8-9H2,1-4H3,(H,15,17)(H,16,18). The van der Waals surface area contributed by atoms with Gasteiger partial charge in [-0.25, -0.2) is 4.98 Å². The molecule has 0 aliphatic rings. The molecule has 0 spiro atoms. The number of rotatable bonds is 7. The van der Waals surface area contributed by atoms with Gasteiger partial charge >= 0.3 is 0 Å². The molecule has 1 rings (SSSR count). The van der Waals surface area contributed by atoms with Gasteiger partial charge in [-0.1, -0.05) is 13.8 Å². The molecule has 0 fully saturated rings. The first-order valence-electron chi connectivity index (χ1n) is 6.56. The van der Waals surface area contributed by atoms with E-state index in [4.69, 9.17) is 0 Å². The van der Waals surface area contributed by atoms with Gasteiger partial charge in [0.25, 0.3) is 5.91 Å². The summed E-state index contributed by atoms with van der Waals surface area (Å²) in [6.45, 7) is 4.88. The first-order valence-corrected chi connectivity index (χ1v) is 7.95. The fraction of sp³-hybridized carbons (Fsp3) is 0.571. The molecule has 106 valence electrons. The van der Waals surface area contributed by atoms with Crippen LogP contribution in [-0.2, 0) is 6.42 Å². The molecule has 1 unspecified atom stereocenters. The molecule has 1 aromatic rings. The van der Waals surface area contributed by atoms with Crippen LogP contribution in [0.2, 0.25) is 0 Å². The van der Waals surface area contributed by atoms with E-state index in [1.54, 1.807) is 17.8 Å². The van der Waals surface area contributed by atoms with E-state index in [0.717, 1.165) is 23.7 Å². The molecular weight excluding hydrogens is 258 g/mol. The number of carbonyl (C=O) groups is 1. The zero-order valence-electron chi connectivity index (χ0n) is 12.1. The lowest BCUT2D eigenvalue weighted by molar-refractivity contribution is 0.0949. The lowest BCUT2D eigenvalue weighted by Gasteiger charge is -2.12. The number of aromatic nitrogens is 1. The number of aryl methyl sites for hydroxylation is 1. The third-order valence-electron chi connectivity index (χ3n) is 2.82. The van der Waals surface area contributed by atoms with Crippen LogP contribution in [0.1, 0.15) is 29.9 Å². The van der Waals surface area contributed by atoms with Crippen LogP contribution in [0.4, 0.5) is 5.82 Å². The highest BCUT2D eigenvalue weighted by Crippen LogP contribution is 2.11. The number of nitrogens with one attached hydrogen (secondary N) is 2. The number of hydrogen-bond donors (Lipinski definition) is 2. The Morgan fingerprint density at radius 1 is 1.47 bits per heavy atom. The number of thioether (sulfide) groups is 1. The van der Waals surface area contributed by atoms with Crippen LogP contribution in [0.5, 0.6) is 0 Å². The van der Waals surface area contributed by atoms with Crippen LogP contribution >= 0.6 is 11.8 Å². The smallest absolute Gasteiger partial charge is 0.251 e. The Morgan fingerprint density at radius 2 is 2.21 bits per heavy atom. The highest BCUT2D eigenvalue weighted by molar-refractivity contribution is 7.98. The Labute approximate surface area is 119 Å². The van der Waals surface area contributed by atoms with Crippen LogP contribution in [-0.4, -0.2) is 36.5 Å². The van der Waals surface area contributed by atoms with E-state index >= 15 is 0 Å². The van der Waals surface area contributed by atoms with Crippen molar-refractivity contribution in [1.29, 1.82) is 0 Å². The average Bonchev–Trinajstić information content (AvgIpc) is 2.44. The Hall–Kier alpha value is -1.23. The van der Waals surface area contributed by atoms with Crippen molar-refractivity contribution in [1.82, 2.24) is 10.3 Å². The van der Waals surface area contributed by atoms with Gasteiger partial charge in [-0.2, -0.15) is 11.8 Å². The van der Waals surface area contributed by atoms with E-state index in [1.165, 1.54) is 0 Å². The summed E-state index contributed by atoms with van der Waals surface area (Å²) in [5.74, 6) is 2.25. The Morgan fingerprint density at radius 3 is 2.79 bits per heavy atom. The zero-order valence-corrected chi connectivity index (χ0v) is 12.9. The fourth-order valence-corrected chi connectivity index (χ4v) is 2.43. The predicted molar refractivity (Wildman–Crippen MR) is 83.0 cm³/mol. The summed E-state index contributed by atoms with van der Waals surface area (Å²) >= 11 is 1.80. The third-order valence-corrected chi connectivity index (χ3v) is 3.72. The molecule has 0 saturated carbocycles. The highest BCUT2D eigenvalue weighted by Gasteiger charge is 2.10. The third kappa shape index (κ3) is 5.11. The van der Waals surface area contributed by atoms with Gasteiger partial charge in [0.15, 0.2) is 0 Å². The molecule has 5 heteroatoms. The second kappa shape index (κ2) is 8.04. The van der Waals surface area contributed by atoms with Crippen LogP contribution in [0.15, 0.2) is 12.1 Å². The molecule has 0 aromatic carbocycles. The van der Waals surface area contributed by atoms with Crippen molar-refractivity contribution in [2.75, 3.05) is 30.9 Å². The van der Waals surface area contributed by atoms with Crippen LogP contribution < -0.4 is 10.6 Å². The summed E-state index contributed by atoms with van der Waals surface area (Å²) in [5.41, 5.74) is 1.60. The van der Waals surface area contributed by atoms with Gasteiger partial charge in [0, 0.05) is 24.8 Å². The fourth-order valence-electron chi connectivity index (χ4n) is 1.74. The van der Waals surface area contributed by atoms with E-state index in [2.05, 4.69) is 28.8 Å². The van der Waals surface area contributed by atoms with Gasteiger partial charge in [-0.15, -0.1) is 0 Å². The van der Waals surface area contributed by atoms with E-state index in [0.29, 0.717) is 18.0 Å². The number of amides is 1. The molecule has 2 N–H and O–H groups in total. The molecule has 1 amide bonds. The normalized spacial score (nSPS) is 12.0. The SMILES string of the molecule is CCc1cc(C(=O)NCC(C)CSC)cc(NC)n1. The minimum atomic E-state index is -0.0263. The van der Waals surface area contributed by atoms with Crippen molar-refractivity contribution in [3.05, 3.63) is 23.4 Å². The monoisotopic (exact) mass is 281 g/mol. The maximum absolute atomic E-state index is 12.1. The Balaban J connectivity index is 2.70. The van der Waals surface area contributed by atoms with Crippen LogP contribution in [0, 0.1) is 5.92 Å². The molecule has 1 atom stereocenters. The second-order valence-electron chi connectivity index (χ2n) is 4.61. The molecule has 0 aliphatic carbocycles. The minimum Gasteiger partial charge on any atom is -0.373 e. The zero-order chi connectivity index (χ0) is 14.3. The summed E-state index contributed by atoms with van der Waals surface area (Å²) in [5, 5.41) is 5.97. The summed E-state index contributed by atoms with van der Waals surface area (Å²) < 4.78 is 0. The highest BCUT2D eigenvalue weighted by atomic mass is 32.2. The number of anilines is 1. The van der Waals surface area contributed by atoms with E-state index in [1.807, 2.05) is 20.0 Å². The molecule has 19 heavy (non-hydrogen) atoms. The van der Waals surface area contributed by atoms with Crippen molar-refractivity contribution in [3.63, 3.8) is 0 Å². The van der Waals surface area contributed by atoms with Crippen molar-refractivity contribution in [2.24, 2.45) is 5.92 Å². The molecule has 0 aliphatic heterocycles.